The lowest BCUT2D eigenvalue weighted by molar-refractivity contribution is 0.0525. The number of fused-ring (bicyclic) bond motifs is 1. The number of carbonyl (C=O) groups is 2. The monoisotopic (exact) mass is 255 g/mol. The quantitative estimate of drug-likeness (QED) is 0.767. The van der Waals surface area contributed by atoms with Crippen molar-refractivity contribution in [2.24, 2.45) is 0 Å². The molecule has 1 amide bonds. The highest BCUT2D eigenvalue weighted by Crippen LogP contribution is 2.23. The summed E-state index contributed by atoms with van der Waals surface area (Å²) in [6, 6.07) is 3.79. The number of amides is 1. The van der Waals surface area contributed by atoms with Crippen molar-refractivity contribution in [2.75, 3.05) is 6.61 Å². The van der Waals surface area contributed by atoms with Gasteiger partial charge >= 0.3 is 5.97 Å². The number of nitrogens with one attached hydrogen (secondary N) is 1. The van der Waals surface area contributed by atoms with E-state index < -0.39 is 21.9 Å². The van der Waals surface area contributed by atoms with E-state index in [-0.39, 0.29) is 22.6 Å². The van der Waals surface area contributed by atoms with Gasteiger partial charge in [0.05, 0.1) is 17.7 Å². The molecule has 0 aliphatic carbocycles. The number of carbonyl (C=O) groups excluding carboxylic acids is 2. The van der Waals surface area contributed by atoms with Gasteiger partial charge in [-0.15, -0.1) is 0 Å². The zero-order valence-corrected chi connectivity index (χ0v) is 9.71. The summed E-state index contributed by atoms with van der Waals surface area (Å²) < 4.78 is 29.6. The maximum Gasteiger partial charge on any atom is 0.338 e. The third-order valence-electron chi connectivity index (χ3n) is 2.25. The molecule has 1 N–H and O–H groups in total. The molecule has 1 aliphatic rings. The maximum atomic E-state index is 11.5. The first-order valence-corrected chi connectivity index (χ1v) is 6.32. The number of sulfonamides is 1. The van der Waals surface area contributed by atoms with E-state index in [1.807, 2.05) is 4.72 Å². The molecule has 17 heavy (non-hydrogen) atoms. The Bertz CT molecular complexity index is 605. The molecule has 0 fully saturated rings. The van der Waals surface area contributed by atoms with Crippen molar-refractivity contribution < 1.29 is 22.7 Å². The Hall–Kier alpha value is -1.89. The molecule has 1 heterocycles. The van der Waals surface area contributed by atoms with Gasteiger partial charge < -0.3 is 4.74 Å². The minimum Gasteiger partial charge on any atom is -0.462 e. The number of rotatable bonds is 2. The van der Waals surface area contributed by atoms with Crippen LogP contribution in [-0.2, 0) is 14.8 Å². The summed E-state index contributed by atoms with van der Waals surface area (Å²) in [5.41, 5.74) is 0.142. The molecule has 0 bridgehead atoms. The fraction of sp³-hybridized carbons (Fsp3) is 0.200. The summed E-state index contributed by atoms with van der Waals surface area (Å²) in [7, 11) is -3.83. The summed E-state index contributed by atoms with van der Waals surface area (Å²) in [5.74, 6) is -1.31. The highest BCUT2D eigenvalue weighted by atomic mass is 32.2. The average Bonchev–Trinajstić information content (AvgIpc) is 2.50. The van der Waals surface area contributed by atoms with E-state index in [1.165, 1.54) is 12.1 Å². The number of hydrogen-bond acceptors (Lipinski definition) is 5. The van der Waals surface area contributed by atoms with Gasteiger partial charge in [-0.25, -0.2) is 17.9 Å². The Balaban J connectivity index is 2.52. The molecule has 0 radical (unpaired) electrons. The molecule has 1 aromatic carbocycles. The first-order valence-electron chi connectivity index (χ1n) is 4.84. The van der Waals surface area contributed by atoms with Crippen molar-refractivity contribution in [1.29, 1.82) is 0 Å². The van der Waals surface area contributed by atoms with Crippen molar-refractivity contribution in [1.82, 2.24) is 4.72 Å². The van der Waals surface area contributed by atoms with Crippen LogP contribution in [0.15, 0.2) is 23.1 Å². The van der Waals surface area contributed by atoms with Gasteiger partial charge in [-0.3, -0.25) is 4.79 Å². The van der Waals surface area contributed by atoms with E-state index in [0.29, 0.717) is 0 Å². The normalized spacial score (nSPS) is 16.2. The maximum absolute atomic E-state index is 11.5. The molecular weight excluding hydrogens is 246 g/mol. The van der Waals surface area contributed by atoms with Gasteiger partial charge in [0, 0.05) is 0 Å². The first kappa shape index (κ1) is 11.6. The van der Waals surface area contributed by atoms with Crippen LogP contribution >= 0.6 is 0 Å². The summed E-state index contributed by atoms with van der Waals surface area (Å²) >= 11 is 0. The van der Waals surface area contributed by atoms with Crippen molar-refractivity contribution in [3.63, 3.8) is 0 Å². The largest absolute Gasteiger partial charge is 0.462 e. The summed E-state index contributed by atoms with van der Waals surface area (Å²) in [6.45, 7) is 1.84. The molecule has 0 saturated heterocycles. The Labute approximate surface area is 97.6 Å². The molecule has 1 aromatic rings. The van der Waals surface area contributed by atoms with E-state index in [0.717, 1.165) is 6.07 Å². The van der Waals surface area contributed by atoms with Gasteiger partial charge in [-0.05, 0) is 25.1 Å². The summed E-state index contributed by atoms with van der Waals surface area (Å²) in [5, 5.41) is 0. The van der Waals surface area contributed by atoms with Crippen molar-refractivity contribution in [2.45, 2.75) is 11.8 Å². The van der Waals surface area contributed by atoms with Crippen LogP contribution in [0.1, 0.15) is 27.6 Å². The Morgan fingerprint density at radius 1 is 1.41 bits per heavy atom. The molecule has 0 atom stereocenters. The van der Waals surface area contributed by atoms with Crippen LogP contribution in [-0.4, -0.2) is 26.9 Å². The lowest BCUT2D eigenvalue weighted by atomic mass is 10.1. The van der Waals surface area contributed by atoms with Crippen LogP contribution in [0.25, 0.3) is 0 Å². The number of ether oxygens (including phenoxy) is 1. The second kappa shape index (κ2) is 3.85. The topological polar surface area (TPSA) is 89.5 Å². The SMILES string of the molecule is CCOC(=O)c1ccc2c(c1)S(=O)(=O)NC2=O. The fourth-order valence-corrected chi connectivity index (χ4v) is 2.70. The second-order valence-electron chi connectivity index (χ2n) is 3.37. The standard InChI is InChI=1S/C10H9NO5S/c1-2-16-10(13)6-3-4-7-8(5-6)17(14,15)11-9(7)12/h3-5H,2H2,1H3,(H,11,12). The number of benzene rings is 1. The molecule has 0 aromatic heterocycles. The van der Waals surface area contributed by atoms with E-state index in [9.17, 15) is 18.0 Å². The lowest BCUT2D eigenvalue weighted by Gasteiger charge is -2.02. The molecule has 0 unspecified atom stereocenters. The van der Waals surface area contributed by atoms with E-state index in [4.69, 9.17) is 4.74 Å². The Morgan fingerprint density at radius 2 is 2.12 bits per heavy atom. The minimum atomic E-state index is -3.83. The molecule has 1 aliphatic heterocycles. The summed E-state index contributed by atoms with van der Waals surface area (Å²) in [4.78, 5) is 22.5. The van der Waals surface area contributed by atoms with E-state index in [2.05, 4.69) is 0 Å². The molecular formula is C10H9NO5S. The van der Waals surface area contributed by atoms with E-state index in [1.54, 1.807) is 6.92 Å². The zero-order valence-electron chi connectivity index (χ0n) is 8.89. The van der Waals surface area contributed by atoms with E-state index >= 15 is 0 Å². The smallest absolute Gasteiger partial charge is 0.338 e. The molecule has 0 spiro atoms. The lowest BCUT2D eigenvalue weighted by Crippen LogP contribution is -2.20. The van der Waals surface area contributed by atoms with Gasteiger partial charge in [-0.1, -0.05) is 0 Å². The fourth-order valence-electron chi connectivity index (χ4n) is 1.51. The van der Waals surface area contributed by atoms with Gasteiger partial charge in [0.25, 0.3) is 15.9 Å². The van der Waals surface area contributed by atoms with Crippen molar-refractivity contribution >= 4 is 21.9 Å². The highest BCUT2D eigenvalue weighted by molar-refractivity contribution is 7.90. The molecule has 6 nitrogen and oxygen atoms in total. The van der Waals surface area contributed by atoms with Gasteiger partial charge in [-0.2, -0.15) is 0 Å². The van der Waals surface area contributed by atoms with Crippen molar-refractivity contribution in [3.8, 4) is 0 Å². The van der Waals surface area contributed by atoms with Gasteiger partial charge in [0.2, 0.25) is 0 Å². The molecule has 90 valence electrons. The molecule has 0 saturated carbocycles. The van der Waals surface area contributed by atoms with Gasteiger partial charge in [0.1, 0.15) is 4.90 Å². The van der Waals surface area contributed by atoms with Gasteiger partial charge in [0.15, 0.2) is 0 Å². The van der Waals surface area contributed by atoms with Crippen molar-refractivity contribution in [3.05, 3.63) is 29.3 Å². The Morgan fingerprint density at radius 3 is 2.76 bits per heavy atom. The molecule has 7 heteroatoms. The predicted octanol–water partition coefficient (Wildman–Crippen LogP) is 0.295. The number of esters is 1. The van der Waals surface area contributed by atoms with Crippen LogP contribution < -0.4 is 4.72 Å². The third-order valence-corrected chi connectivity index (χ3v) is 3.62. The predicted molar refractivity (Wildman–Crippen MR) is 57.1 cm³/mol. The number of hydrogen-bond donors (Lipinski definition) is 1. The average molecular weight is 255 g/mol. The van der Waals surface area contributed by atoms with Crippen LogP contribution in [0, 0.1) is 0 Å². The Kier molecular flexibility index (Phi) is 2.62. The van der Waals surface area contributed by atoms with Crippen LogP contribution in [0.3, 0.4) is 0 Å². The highest BCUT2D eigenvalue weighted by Gasteiger charge is 2.33. The van der Waals surface area contributed by atoms with Crippen LogP contribution in [0.2, 0.25) is 0 Å². The molecule has 2 rings (SSSR count). The minimum absolute atomic E-state index is 0.0399. The summed E-state index contributed by atoms with van der Waals surface area (Å²) in [6.07, 6.45) is 0. The van der Waals surface area contributed by atoms with Crippen LogP contribution in [0.4, 0.5) is 0 Å². The second-order valence-corrected chi connectivity index (χ2v) is 5.02. The first-order chi connectivity index (χ1) is 7.95. The van der Waals surface area contributed by atoms with Crippen LogP contribution in [0.5, 0.6) is 0 Å². The third kappa shape index (κ3) is 1.89. The zero-order chi connectivity index (χ0) is 12.6.